The number of furan rings is 1. The fourth-order valence-corrected chi connectivity index (χ4v) is 3.70. The molecule has 0 bridgehead atoms. The number of urea groups is 1. The molecule has 0 radical (unpaired) electrons. The van der Waals surface area contributed by atoms with Gasteiger partial charge < -0.3 is 20.2 Å². The average Bonchev–Trinajstić information content (AvgIpc) is 2.78. The second kappa shape index (κ2) is 6.75. The van der Waals surface area contributed by atoms with Gasteiger partial charge in [0.25, 0.3) is 0 Å². The van der Waals surface area contributed by atoms with Gasteiger partial charge in [-0.1, -0.05) is 0 Å². The van der Waals surface area contributed by atoms with Gasteiger partial charge in [0.05, 0.1) is 6.54 Å². The lowest BCUT2D eigenvalue weighted by Crippen LogP contribution is -2.47. The first-order chi connectivity index (χ1) is 9.88. The first kappa shape index (κ1) is 16.2. The molecule has 0 spiro atoms. The van der Waals surface area contributed by atoms with E-state index in [1.54, 1.807) is 6.92 Å². The van der Waals surface area contributed by atoms with Crippen LogP contribution in [0.3, 0.4) is 0 Å². The molecule has 1 aromatic rings. The normalized spacial score (nSPS) is 19.0. The van der Waals surface area contributed by atoms with Gasteiger partial charge in [0.1, 0.15) is 17.1 Å². The zero-order valence-electron chi connectivity index (χ0n) is 12.9. The number of nitrogens with one attached hydrogen (secondary N) is 2. The largest absolute Gasteiger partial charge is 0.466 e. The van der Waals surface area contributed by atoms with Crippen molar-refractivity contribution in [3.63, 3.8) is 0 Å². The highest BCUT2D eigenvalue weighted by Gasteiger charge is 2.28. The highest BCUT2D eigenvalue weighted by molar-refractivity contribution is 7.99. The first-order valence-corrected chi connectivity index (χ1v) is 8.46. The molecule has 0 aliphatic carbocycles. The summed E-state index contributed by atoms with van der Waals surface area (Å²) in [6, 6.07) is 1.84. The molecule has 0 saturated carbocycles. The summed E-state index contributed by atoms with van der Waals surface area (Å²) < 4.78 is 5.44. The number of carbonyl (C=O) groups excluding carboxylic acids is 1. The molecule has 118 valence electrons. The minimum Gasteiger partial charge on any atom is -0.466 e. The molecule has 2 rings (SSSR count). The van der Waals surface area contributed by atoms with E-state index in [0.29, 0.717) is 5.76 Å². The highest BCUT2D eigenvalue weighted by Crippen LogP contribution is 2.26. The number of aliphatic hydroxyl groups is 1. The van der Waals surface area contributed by atoms with Gasteiger partial charge >= 0.3 is 6.03 Å². The molecule has 3 N–H and O–H groups in total. The van der Waals surface area contributed by atoms with E-state index in [4.69, 9.17) is 4.42 Å². The summed E-state index contributed by atoms with van der Waals surface area (Å²) in [6.45, 7) is 5.49. The Kier molecular flexibility index (Phi) is 5.22. The smallest absolute Gasteiger partial charge is 0.315 e. The van der Waals surface area contributed by atoms with Crippen LogP contribution in [0.15, 0.2) is 10.5 Å². The number of amides is 2. The van der Waals surface area contributed by atoms with Crippen molar-refractivity contribution in [1.29, 1.82) is 0 Å². The van der Waals surface area contributed by atoms with Crippen LogP contribution >= 0.6 is 11.8 Å². The Morgan fingerprint density at radius 2 is 2.14 bits per heavy atom. The van der Waals surface area contributed by atoms with Gasteiger partial charge in [0, 0.05) is 11.6 Å². The number of hydrogen-bond acceptors (Lipinski definition) is 4. The molecule has 1 fully saturated rings. The fraction of sp³-hybridized carbons (Fsp3) is 0.667. The molecule has 1 atom stereocenters. The van der Waals surface area contributed by atoms with Gasteiger partial charge in [0.2, 0.25) is 0 Å². The Morgan fingerprint density at radius 1 is 1.48 bits per heavy atom. The molecule has 1 aliphatic heterocycles. The average molecular weight is 312 g/mol. The van der Waals surface area contributed by atoms with Crippen LogP contribution in [0.1, 0.15) is 36.8 Å². The second-order valence-electron chi connectivity index (χ2n) is 5.81. The minimum atomic E-state index is -1.14. The third-order valence-corrected chi connectivity index (χ3v) is 4.82. The summed E-state index contributed by atoms with van der Waals surface area (Å²) >= 11 is 1.92. The highest BCUT2D eigenvalue weighted by atomic mass is 32.2. The monoisotopic (exact) mass is 312 g/mol. The molecule has 21 heavy (non-hydrogen) atoms. The van der Waals surface area contributed by atoms with E-state index in [1.807, 2.05) is 31.7 Å². The van der Waals surface area contributed by atoms with Crippen LogP contribution in [-0.2, 0) is 5.60 Å². The fourth-order valence-electron chi connectivity index (χ4n) is 2.59. The van der Waals surface area contributed by atoms with Gasteiger partial charge in [-0.25, -0.2) is 4.79 Å². The maximum atomic E-state index is 11.9. The SMILES string of the molecule is Cc1cc([C@](C)(O)CNC(=O)NC2CCSCC2)c(C)o1. The zero-order valence-corrected chi connectivity index (χ0v) is 13.7. The summed E-state index contributed by atoms with van der Waals surface area (Å²) in [5, 5.41) is 16.3. The van der Waals surface area contributed by atoms with Crippen LogP contribution in [0, 0.1) is 13.8 Å². The van der Waals surface area contributed by atoms with E-state index in [9.17, 15) is 9.90 Å². The molecule has 5 nitrogen and oxygen atoms in total. The lowest BCUT2D eigenvalue weighted by Gasteiger charge is -2.26. The van der Waals surface area contributed by atoms with Crippen LogP contribution < -0.4 is 10.6 Å². The Labute approximate surface area is 129 Å². The van der Waals surface area contributed by atoms with Gasteiger partial charge in [-0.2, -0.15) is 11.8 Å². The van der Waals surface area contributed by atoms with Gasteiger partial charge in [0.15, 0.2) is 0 Å². The van der Waals surface area contributed by atoms with Crippen molar-refractivity contribution in [2.45, 2.75) is 45.3 Å². The summed E-state index contributed by atoms with van der Waals surface area (Å²) in [5.74, 6) is 3.63. The van der Waals surface area contributed by atoms with Gasteiger partial charge in [-0.3, -0.25) is 0 Å². The van der Waals surface area contributed by atoms with E-state index in [1.165, 1.54) is 0 Å². The predicted molar refractivity (Wildman–Crippen MR) is 84.6 cm³/mol. The molecule has 1 aromatic heterocycles. The third-order valence-electron chi connectivity index (χ3n) is 3.77. The lowest BCUT2D eigenvalue weighted by molar-refractivity contribution is 0.0577. The molecular weight excluding hydrogens is 288 g/mol. The van der Waals surface area contributed by atoms with Crippen molar-refractivity contribution in [3.05, 3.63) is 23.2 Å². The molecule has 0 aromatic carbocycles. The van der Waals surface area contributed by atoms with E-state index in [2.05, 4.69) is 10.6 Å². The predicted octanol–water partition coefficient (Wildman–Crippen LogP) is 2.30. The van der Waals surface area contributed by atoms with Crippen molar-refractivity contribution in [1.82, 2.24) is 10.6 Å². The van der Waals surface area contributed by atoms with E-state index >= 15 is 0 Å². The van der Waals surface area contributed by atoms with Crippen LogP contribution in [0.5, 0.6) is 0 Å². The molecule has 1 aliphatic rings. The lowest BCUT2D eigenvalue weighted by atomic mass is 9.96. The molecular formula is C15H24N2O3S. The maximum absolute atomic E-state index is 11.9. The third kappa shape index (κ3) is 4.41. The van der Waals surface area contributed by atoms with Gasteiger partial charge in [-0.05, 0) is 51.2 Å². The van der Waals surface area contributed by atoms with Crippen molar-refractivity contribution in [2.24, 2.45) is 0 Å². The molecule has 0 unspecified atom stereocenters. The Bertz CT molecular complexity index is 493. The Hall–Kier alpha value is -1.14. The number of rotatable bonds is 4. The minimum absolute atomic E-state index is 0.153. The summed E-state index contributed by atoms with van der Waals surface area (Å²) in [4.78, 5) is 11.9. The summed E-state index contributed by atoms with van der Waals surface area (Å²) in [5.41, 5.74) is -0.420. The van der Waals surface area contributed by atoms with E-state index < -0.39 is 5.60 Å². The summed E-state index contributed by atoms with van der Waals surface area (Å²) in [7, 11) is 0. The van der Waals surface area contributed by atoms with Crippen LogP contribution in [0.4, 0.5) is 4.79 Å². The number of hydrogen-bond donors (Lipinski definition) is 3. The second-order valence-corrected chi connectivity index (χ2v) is 7.04. The van der Waals surface area contributed by atoms with Crippen molar-refractivity contribution in [2.75, 3.05) is 18.1 Å². The van der Waals surface area contributed by atoms with Gasteiger partial charge in [-0.15, -0.1) is 0 Å². The number of thioether (sulfide) groups is 1. The first-order valence-electron chi connectivity index (χ1n) is 7.30. The van der Waals surface area contributed by atoms with E-state index in [0.717, 1.165) is 35.7 Å². The number of carbonyl (C=O) groups is 1. The topological polar surface area (TPSA) is 74.5 Å². The Balaban J connectivity index is 1.86. The molecule has 2 heterocycles. The van der Waals surface area contributed by atoms with Crippen LogP contribution in [-0.4, -0.2) is 35.2 Å². The number of aryl methyl sites for hydroxylation is 2. The van der Waals surface area contributed by atoms with Crippen molar-refractivity contribution < 1.29 is 14.3 Å². The summed E-state index contributed by atoms with van der Waals surface area (Å²) in [6.07, 6.45) is 2.02. The maximum Gasteiger partial charge on any atom is 0.315 e. The van der Waals surface area contributed by atoms with Crippen molar-refractivity contribution in [3.8, 4) is 0 Å². The van der Waals surface area contributed by atoms with E-state index in [-0.39, 0.29) is 18.6 Å². The molecule has 6 heteroatoms. The quantitative estimate of drug-likeness (QED) is 0.797. The molecule has 1 saturated heterocycles. The Morgan fingerprint density at radius 3 is 2.71 bits per heavy atom. The van der Waals surface area contributed by atoms with Crippen molar-refractivity contribution >= 4 is 17.8 Å². The standard InChI is InChI=1S/C15H24N2O3S/c1-10-8-13(11(2)20-10)15(3,19)9-16-14(18)17-12-4-6-21-7-5-12/h8,12,19H,4-7,9H2,1-3H3,(H2,16,17,18)/t15-/m1/s1. The van der Waals surface area contributed by atoms with Crippen LogP contribution in [0.25, 0.3) is 0 Å². The zero-order chi connectivity index (χ0) is 15.5. The molecule has 2 amide bonds. The van der Waals surface area contributed by atoms with Crippen LogP contribution in [0.2, 0.25) is 0 Å².